The number of alkyl halides is 1. The van der Waals surface area contributed by atoms with Gasteiger partial charge in [0.1, 0.15) is 24.5 Å². The Morgan fingerprint density at radius 2 is 2.41 bits per heavy atom. The number of nitro groups is 1. The third-order valence-electron chi connectivity index (χ3n) is 2.55. The van der Waals surface area contributed by atoms with E-state index in [1.807, 2.05) is 0 Å². The number of nitrogens with one attached hydrogen (secondary N) is 1. The molecule has 0 radical (unpaired) electrons. The highest BCUT2D eigenvalue weighted by Crippen LogP contribution is 2.36. The molecule has 94 valence electrons. The molecular formula is C8H10ClN3O5. The number of ether oxygens (including phenoxy) is 1. The van der Waals surface area contributed by atoms with Gasteiger partial charge in [0, 0.05) is 0 Å². The smallest absolute Gasteiger partial charge is 0.394 e. The Balaban J connectivity index is 2.19. The maximum atomic E-state index is 10.4. The van der Waals surface area contributed by atoms with E-state index in [2.05, 4.69) is 9.97 Å². The summed E-state index contributed by atoms with van der Waals surface area (Å²) in [6.07, 6.45) is -1.33. The summed E-state index contributed by atoms with van der Waals surface area (Å²) in [4.78, 5) is 15.8. The van der Waals surface area contributed by atoms with Crippen molar-refractivity contribution in [2.75, 3.05) is 6.61 Å². The van der Waals surface area contributed by atoms with Crippen LogP contribution in [0.2, 0.25) is 0 Å². The first-order valence-corrected chi connectivity index (χ1v) is 5.26. The van der Waals surface area contributed by atoms with Crippen molar-refractivity contribution in [3.05, 3.63) is 22.0 Å². The van der Waals surface area contributed by atoms with E-state index in [1.54, 1.807) is 0 Å². The van der Waals surface area contributed by atoms with Crippen molar-refractivity contribution >= 4 is 17.5 Å². The molecular weight excluding hydrogens is 254 g/mol. The second kappa shape index (κ2) is 4.57. The lowest BCUT2D eigenvalue weighted by Crippen LogP contribution is -2.29. The van der Waals surface area contributed by atoms with Gasteiger partial charge in [-0.05, 0) is 4.92 Å². The second-order valence-electron chi connectivity index (χ2n) is 3.62. The standard InChI is InChI=1S/C8H10ClN3O5/c9-5-6(14)4(2-13)17-7(5)3-1-10-8(11-3)12(15)16/h1,4-7,13-14H,2H2,(H,10,11)/t4-,5+,6-,7+/m1/s1. The summed E-state index contributed by atoms with van der Waals surface area (Å²) >= 11 is 5.92. The van der Waals surface area contributed by atoms with E-state index in [4.69, 9.17) is 21.4 Å². The van der Waals surface area contributed by atoms with Crippen LogP contribution >= 0.6 is 11.6 Å². The van der Waals surface area contributed by atoms with Crippen molar-refractivity contribution in [2.45, 2.75) is 23.7 Å². The highest BCUT2D eigenvalue weighted by Gasteiger charge is 2.45. The van der Waals surface area contributed by atoms with Gasteiger partial charge in [-0.15, -0.1) is 11.6 Å². The molecule has 0 aromatic carbocycles. The number of H-pyrrole nitrogens is 1. The lowest BCUT2D eigenvalue weighted by Gasteiger charge is -2.09. The molecule has 1 aliphatic rings. The molecule has 0 bridgehead atoms. The van der Waals surface area contributed by atoms with Crippen molar-refractivity contribution in [2.24, 2.45) is 0 Å². The summed E-state index contributed by atoms with van der Waals surface area (Å²) < 4.78 is 5.28. The minimum Gasteiger partial charge on any atom is -0.394 e. The fourth-order valence-corrected chi connectivity index (χ4v) is 2.03. The predicted octanol–water partition coefficient (Wildman–Crippen LogP) is -0.282. The molecule has 1 aromatic heterocycles. The highest BCUT2D eigenvalue weighted by molar-refractivity contribution is 6.21. The van der Waals surface area contributed by atoms with Crippen molar-refractivity contribution in [1.29, 1.82) is 0 Å². The van der Waals surface area contributed by atoms with Crippen LogP contribution in [0.15, 0.2) is 6.20 Å². The summed E-state index contributed by atoms with van der Waals surface area (Å²) in [6, 6.07) is 0. The van der Waals surface area contributed by atoms with E-state index in [9.17, 15) is 15.2 Å². The number of halogens is 1. The number of aromatic nitrogens is 2. The molecule has 2 heterocycles. The van der Waals surface area contributed by atoms with Gasteiger partial charge in [0.25, 0.3) is 0 Å². The second-order valence-corrected chi connectivity index (χ2v) is 4.12. The zero-order chi connectivity index (χ0) is 12.6. The monoisotopic (exact) mass is 263 g/mol. The minimum absolute atomic E-state index is 0.228. The van der Waals surface area contributed by atoms with Crippen LogP contribution in [0.25, 0.3) is 0 Å². The van der Waals surface area contributed by atoms with E-state index in [0.717, 1.165) is 0 Å². The largest absolute Gasteiger partial charge is 0.432 e. The van der Waals surface area contributed by atoms with Crippen LogP contribution in [0, 0.1) is 10.1 Å². The number of nitrogens with zero attached hydrogens (tertiary/aromatic N) is 2. The topological polar surface area (TPSA) is 122 Å². The first kappa shape index (κ1) is 12.2. The number of hydrogen-bond acceptors (Lipinski definition) is 6. The molecule has 1 aromatic rings. The fourth-order valence-electron chi connectivity index (χ4n) is 1.68. The molecule has 0 spiro atoms. The Labute approximate surface area is 100 Å². The fraction of sp³-hybridized carbons (Fsp3) is 0.625. The van der Waals surface area contributed by atoms with Crippen molar-refractivity contribution < 1.29 is 19.9 Å². The molecule has 0 amide bonds. The summed E-state index contributed by atoms with van der Waals surface area (Å²) in [5, 5.41) is 28.2. The summed E-state index contributed by atoms with van der Waals surface area (Å²) in [7, 11) is 0. The van der Waals surface area contributed by atoms with Gasteiger partial charge < -0.3 is 25.1 Å². The number of rotatable bonds is 3. The summed E-state index contributed by atoms with van der Waals surface area (Å²) in [5.41, 5.74) is 0.228. The minimum atomic E-state index is -1.04. The number of aromatic amines is 1. The zero-order valence-electron chi connectivity index (χ0n) is 8.49. The maximum Gasteiger partial charge on any atom is 0.432 e. The average Bonchev–Trinajstić information content (AvgIpc) is 2.87. The average molecular weight is 264 g/mol. The van der Waals surface area contributed by atoms with E-state index < -0.39 is 34.6 Å². The predicted molar refractivity (Wildman–Crippen MR) is 55.6 cm³/mol. The van der Waals surface area contributed by atoms with Gasteiger partial charge >= 0.3 is 5.95 Å². The van der Waals surface area contributed by atoms with Gasteiger partial charge in [-0.2, -0.15) is 0 Å². The number of aliphatic hydroxyl groups is 2. The normalized spacial score (nSPS) is 32.9. The molecule has 3 N–H and O–H groups in total. The molecule has 1 aliphatic heterocycles. The van der Waals surface area contributed by atoms with Gasteiger partial charge in [-0.25, -0.2) is 4.98 Å². The van der Waals surface area contributed by atoms with Gasteiger partial charge in [0.15, 0.2) is 5.69 Å². The lowest BCUT2D eigenvalue weighted by molar-refractivity contribution is -0.393. The Morgan fingerprint density at radius 1 is 1.71 bits per heavy atom. The number of imidazole rings is 1. The molecule has 1 fully saturated rings. The Morgan fingerprint density at radius 3 is 2.88 bits per heavy atom. The molecule has 0 unspecified atom stereocenters. The van der Waals surface area contributed by atoms with Crippen LogP contribution < -0.4 is 0 Å². The molecule has 0 saturated carbocycles. The van der Waals surface area contributed by atoms with E-state index in [0.29, 0.717) is 0 Å². The maximum absolute atomic E-state index is 10.4. The zero-order valence-corrected chi connectivity index (χ0v) is 9.24. The molecule has 17 heavy (non-hydrogen) atoms. The van der Waals surface area contributed by atoms with Crippen molar-refractivity contribution in [3.8, 4) is 0 Å². The highest BCUT2D eigenvalue weighted by atomic mass is 35.5. The third-order valence-corrected chi connectivity index (χ3v) is 3.03. The van der Waals surface area contributed by atoms with Gasteiger partial charge in [-0.1, -0.05) is 4.98 Å². The molecule has 8 nitrogen and oxygen atoms in total. The number of aliphatic hydroxyl groups excluding tert-OH is 2. The van der Waals surface area contributed by atoms with Crippen LogP contribution in [0.4, 0.5) is 5.95 Å². The van der Waals surface area contributed by atoms with Crippen LogP contribution in [-0.4, -0.2) is 49.3 Å². The van der Waals surface area contributed by atoms with Crippen LogP contribution in [0.5, 0.6) is 0 Å². The van der Waals surface area contributed by atoms with Crippen molar-refractivity contribution in [3.63, 3.8) is 0 Å². The summed E-state index contributed by atoms with van der Waals surface area (Å²) in [6.45, 7) is -0.382. The van der Waals surface area contributed by atoms with Crippen LogP contribution in [-0.2, 0) is 4.74 Å². The Bertz CT molecular complexity index is 425. The summed E-state index contributed by atoms with van der Waals surface area (Å²) in [5.74, 6) is -0.422. The van der Waals surface area contributed by atoms with Crippen LogP contribution in [0.3, 0.4) is 0 Å². The SMILES string of the molecule is O=[N+]([O-])c1nc([C@@H]2O[C@H](CO)[C@@H](O)[C@@H]2Cl)c[nH]1. The first-order valence-electron chi connectivity index (χ1n) is 4.82. The number of hydrogen-bond donors (Lipinski definition) is 3. The van der Waals surface area contributed by atoms with E-state index in [1.165, 1.54) is 6.20 Å². The Kier molecular flexibility index (Phi) is 3.29. The van der Waals surface area contributed by atoms with Gasteiger partial charge in [-0.3, -0.25) is 0 Å². The molecule has 0 aliphatic carbocycles. The van der Waals surface area contributed by atoms with Gasteiger partial charge in [0.05, 0.1) is 12.0 Å². The van der Waals surface area contributed by atoms with E-state index >= 15 is 0 Å². The first-order chi connectivity index (χ1) is 8.04. The van der Waals surface area contributed by atoms with E-state index in [-0.39, 0.29) is 12.3 Å². The van der Waals surface area contributed by atoms with Gasteiger partial charge in [0.2, 0.25) is 0 Å². The third kappa shape index (κ3) is 2.12. The molecule has 4 atom stereocenters. The van der Waals surface area contributed by atoms with Crippen LogP contribution in [0.1, 0.15) is 11.8 Å². The molecule has 2 rings (SSSR count). The lowest BCUT2D eigenvalue weighted by atomic mass is 10.1. The Hall–Kier alpha value is -1.22. The molecule has 1 saturated heterocycles. The van der Waals surface area contributed by atoms with Crippen molar-refractivity contribution in [1.82, 2.24) is 9.97 Å². The quantitative estimate of drug-likeness (QED) is 0.392. The molecule has 9 heteroatoms.